The van der Waals surface area contributed by atoms with Crippen LogP contribution in [0.15, 0.2) is 12.4 Å². The molecule has 0 unspecified atom stereocenters. The fourth-order valence-electron chi connectivity index (χ4n) is 7.49. The van der Waals surface area contributed by atoms with Crippen molar-refractivity contribution in [1.29, 1.82) is 0 Å². The summed E-state index contributed by atoms with van der Waals surface area (Å²) in [5.41, 5.74) is 1.89. The molecule has 136 valence electrons. The maximum absolute atomic E-state index is 13.9. The number of nitrogens with zero attached hydrogens (tertiary/aromatic N) is 3. The van der Waals surface area contributed by atoms with Gasteiger partial charge in [-0.25, -0.2) is 0 Å². The molecule has 1 amide bonds. The quantitative estimate of drug-likeness (QED) is 0.833. The van der Waals surface area contributed by atoms with Gasteiger partial charge in [0.2, 0.25) is 5.91 Å². The van der Waals surface area contributed by atoms with Crippen LogP contribution in [0, 0.1) is 22.2 Å². The Morgan fingerprint density at radius 3 is 2.40 bits per heavy atom. The highest BCUT2D eigenvalue weighted by Crippen LogP contribution is 2.70. The lowest BCUT2D eigenvalue weighted by molar-refractivity contribution is -0.180. The average Bonchev–Trinajstić information content (AvgIpc) is 3.23. The minimum atomic E-state index is -0.0757. The number of rotatable bonds is 4. The van der Waals surface area contributed by atoms with E-state index in [0.717, 1.165) is 31.7 Å². The van der Waals surface area contributed by atoms with Crippen LogP contribution < -0.4 is 0 Å². The summed E-state index contributed by atoms with van der Waals surface area (Å²) in [7, 11) is 1.95. The highest BCUT2D eigenvalue weighted by molar-refractivity contribution is 5.84. The highest BCUT2D eigenvalue weighted by Gasteiger charge is 2.63. The second-order valence-corrected chi connectivity index (χ2v) is 10.6. The van der Waals surface area contributed by atoms with Gasteiger partial charge < -0.3 is 4.90 Å². The SMILES string of the molecule is Cn1cc(CN(C(=O)C23CC4C[C@](C)(C2)C[C@](C)(C4)C3)C2CC2)cn1. The molecule has 0 spiro atoms. The van der Waals surface area contributed by atoms with Gasteiger partial charge in [0.15, 0.2) is 0 Å². The molecule has 4 nitrogen and oxygen atoms in total. The van der Waals surface area contributed by atoms with E-state index in [1.807, 2.05) is 17.9 Å². The molecule has 0 saturated heterocycles. The van der Waals surface area contributed by atoms with Crippen LogP contribution in [0.1, 0.15) is 70.8 Å². The van der Waals surface area contributed by atoms with Gasteiger partial charge in [0.05, 0.1) is 11.6 Å². The second kappa shape index (κ2) is 4.89. The van der Waals surface area contributed by atoms with E-state index in [2.05, 4.69) is 30.0 Å². The summed E-state index contributed by atoms with van der Waals surface area (Å²) >= 11 is 0. The number of carbonyl (C=O) groups excluding carboxylic acids is 1. The molecule has 0 aromatic carbocycles. The molecule has 5 aliphatic rings. The van der Waals surface area contributed by atoms with Gasteiger partial charge in [-0.2, -0.15) is 5.10 Å². The Balaban J connectivity index is 1.45. The summed E-state index contributed by atoms with van der Waals surface area (Å²) in [6, 6.07) is 0.473. The van der Waals surface area contributed by atoms with Gasteiger partial charge in [0, 0.05) is 31.4 Å². The Morgan fingerprint density at radius 1 is 1.20 bits per heavy atom. The molecular weight excluding hydrogens is 310 g/mol. The van der Waals surface area contributed by atoms with E-state index in [9.17, 15) is 4.79 Å². The van der Waals surface area contributed by atoms with E-state index >= 15 is 0 Å². The minimum absolute atomic E-state index is 0.0757. The first-order valence-electron chi connectivity index (χ1n) is 10.1. The van der Waals surface area contributed by atoms with Gasteiger partial charge >= 0.3 is 0 Å². The van der Waals surface area contributed by atoms with Crippen molar-refractivity contribution in [2.45, 2.75) is 77.8 Å². The largest absolute Gasteiger partial charge is 0.335 e. The van der Waals surface area contributed by atoms with Crippen molar-refractivity contribution in [1.82, 2.24) is 14.7 Å². The third-order valence-electron chi connectivity index (χ3n) is 7.44. The normalized spacial score (nSPS) is 42.0. The zero-order valence-electron chi connectivity index (χ0n) is 15.9. The van der Waals surface area contributed by atoms with E-state index in [4.69, 9.17) is 0 Å². The second-order valence-electron chi connectivity index (χ2n) is 10.6. The molecule has 2 atom stereocenters. The summed E-state index contributed by atoms with van der Waals surface area (Å²) in [6.07, 6.45) is 13.8. The smallest absolute Gasteiger partial charge is 0.229 e. The van der Waals surface area contributed by atoms with Crippen molar-refractivity contribution in [2.24, 2.45) is 29.2 Å². The number of carbonyl (C=O) groups is 1. The Hall–Kier alpha value is -1.32. The Bertz CT molecular complexity index is 700. The molecular formula is C21H31N3O. The van der Waals surface area contributed by atoms with Crippen LogP contribution in [0.3, 0.4) is 0 Å². The number of hydrogen-bond donors (Lipinski definition) is 0. The Labute approximate surface area is 151 Å². The molecule has 0 aliphatic heterocycles. The van der Waals surface area contributed by atoms with Crippen LogP contribution in [0.2, 0.25) is 0 Å². The molecule has 5 saturated carbocycles. The van der Waals surface area contributed by atoms with E-state index in [0.29, 0.717) is 22.8 Å². The van der Waals surface area contributed by atoms with Crippen molar-refractivity contribution >= 4 is 5.91 Å². The summed E-state index contributed by atoms with van der Waals surface area (Å²) < 4.78 is 1.84. The first-order chi connectivity index (χ1) is 11.8. The highest BCUT2D eigenvalue weighted by atomic mass is 16.2. The summed E-state index contributed by atoms with van der Waals surface area (Å²) in [6.45, 7) is 5.66. The monoisotopic (exact) mass is 341 g/mol. The van der Waals surface area contributed by atoms with E-state index in [1.54, 1.807) is 0 Å². The van der Waals surface area contributed by atoms with Gasteiger partial charge in [0.1, 0.15) is 0 Å². The van der Waals surface area contributed by atoms with E-state index < -0.39 is 0 Å². The standard InChI is InChI=1S/C21H31N3O/c1-19-6-15-7-20(2,12-19)14-21(8-15,13-19)18(25)24(17-4-5-17)11-16-9-22-23(3)10-16/h9-10,15,17H,4-8,11-14H2,1-3H3/t15?,19-,20-,21?/m0/s1. The molecule has 1 aromatic rings. The molecule has 4 bridgehead atoms. The van der Waals surface area contributed by atoms with Crippen LogP contribution in [0.4, 0.5) is 0 Å². The first kappa shape index (κ1) is 15.9. The summed E-state index contributed by atoms with van der Waals surface area (Å²) in [5, 5.41) is 4.30. The third kappa shape index (κ3) is 2.55. The molecule has 25 heavy (non-hydrogen) atoms. The number of aryl methyl sites for hydroxylation is 1. The Kier molecular flexibility index (Phi) is 3.11. The topological polar surface area (TPSA) is 38.1 Å². The maximum atomic E-state index is 13.9. The zero-order valence-corrected chi connectivity index (χ0v) is 15.9. The van der Waals surface area contributed by atoms with Crippen molar-refractivity contribution < 1.29 is 4.79 Å². The lowest BCUT2D eigenvalue weighted by Crippen LogP contribution is -2.60. The number of hydrogen-bond acceptors (Lipinski definition) is 2. The van der Waals surface area contributed by atoms with Gasteiger partial charge in [-0.05, 0) is 68.1 Å². The van der Waals surface area contributed by atoms with Crippen LogP contribution in [-0.2, 0) is 18.4 Å². The molecule has 5 aliphatic carbocycles. The maximum Gasteiger partial charge on any atom is 0.229 e. The lowest BCUT2D eigenvalue weighted by atomic mass is 9.40. The molecule has 0 radical (unpaired) electrons. The number of aromatic nitrogens is 2. The summed E-state index contributed by atoms with van der Waals surface area (Å²) in [5.74, 6) is 1.25. The molecule has 1 heterocycles. The predicted molar refractivity (Wildman–Crippen MR) is 96.6 cm³/mol. The summed E-state index contributed by atoms with van der Waals surface area (Å²) in [4.78, 5) is 16.1. The van der Waals surface area contributed by atoms with Crippen LogP contribution in [0.5, 0.6) is 0 Å². The Morgan fingerprint density at radius 2 is 1.88 bits per heavy atom. The van der Waals surface area contributed by atoms with Gasteiger partial charge in [-0.15, -0.1) is 0 Å². The van der Waals surface area contributed by atoms with Gasteiger partial charge in [0.25, 0.3) is 0 Å². The lowest BCUT2D eigenvalue weighted by Gasteiger charge is -2.65. The van der Waals surface area contributed by atoms with E-state index in [-0.39, 0.29) is 5.41 Å². The van der Waals surface area contributed by atoms with Crippen molar-refractivity contribution in [3.8, 4) is 0 Å². The van der Waals surface area contributed by atoms with E-state index in [1.165, 1.54) is 37.7 Å². The molecule has 5 fully saturated rings. The molecule has 6 rings (SSSR count). The number of amides is 1. The van der Waals surface area contributed by atoms with Crippen molar-refractivity contribution in [3.05, 3.63) is 18.0 Å². The average molecular weight is 341 g/mol. The van der Waals surface area contributed by atoms with Gasteiger partial charge in [-0.3, -0.25) is 9.48 Å². The van der Waals surface area contributed by atoms with Crippen molar-refractivity contribution in [2.75, 3.05) is 0 Å². The van der Waals surface area contributed by atoms with Crippen LogP contribution in [0.25, 0.3) is 0 Å². The molecule has 1 aromatic heterocycles. The van der Waals surface area contributed by atoms with Crippen LogP contribution >= 0.6 is 0 Å². The predicted octanol–water partition coefficient (Wildman–Crippen LogP) is 3.91. The van der Waals surface area contributed by atoms with Crippen LogP contribution in [-0.4, -0.2) is 26.6 Å². The fraction of sp³-hybridized carbons (Fsp3) is 0.810. The zero-order chi connectivity index (χ0) is 17.4. The van der Waals surface area contributed by atoms with Gasteiger partial charge in [-0.1, -0.05) is 13.8 Å². The fourth-order valence-corrected chi connectivity index (χ4v) is 7.49. The molecule has 4 heteroatoms. The first-order valence-corrected chi connectivity index (χ1v) is 10.1. The third-order valence-corrected chi connectivity index (χ3v) is 7.44. The minimum Gasteiger partial charge on any atom is -0.335 e. The van der Waals surface area contributed by atoms with Crippen molar-refractivity contribution in [3.63, 3.8) is 0 Å². The molecule has 0 N–H and O–H groups in total.